The summed E-state index contributed by atoms with van der Waals surface area (Å²) in [4.78, 5) is 20.6. The van der Waals surface area contributed by atoms with Crippen LogP contribution in [-0.2, 0) is 11.0 Å². The minimum atomic E-state index is -4.73. The van der Waals surface area contributed by atoms with Crippen LogP contribution in [0.4, 0.5) is 33.5 Å². The van der Waals surface area contributed by atoms with Gasteiger partial charge >= 0.3 is 6.18 Å². The Kier molecular flexibility index (Phi) is 4.12. The van der Waals surface area contributed by atoms with E-state index in [2.05, 4.69) is 20.4 Å². The number of aromatic nitrogens is 4. The van der Waals surface area contributed by atoms with Crippen LogP contribution in [0.3, 0.4) is 0 Å². The van der Waals surface area contributed by atoms with Crippen LogP contribution >= 0.6 is 0 Å². The SMILES string of the molecule is O=C1C(Nc2cc(C(F)(F)F)nc3ncnn23)CCN1c1c(F)cccc1F. The van der Waals surface area contributed by atoms with Crippen molar-refractivity contribution in [2.24, 2.45) is 0 Å². The Morgan fingerprint density at radius 1 is 1.18 bits per heavy atom. The van der Waals surface area contributed by atoms with Crippen LogP contribution < -0.4 is 10.2 Å². The molecule has 146 valence electrons. The Hall–Kier alpha value is -3.31. The third-order valence-electron chi connectivity index (χ3n) is 4.28. The molecular formula is C16H11F5N6O. The van der Waals surface area contributed by atoms with Gasteiger partial charge in [0.15, 0.2) is 5.69 Å². The zero-order valence-electron chi connectivity index (χ0n) is 13.9. The topological polar surface area (TPSA) is 75.4 Å². The van der Waals surface area contributed by atoms with Crippen LogP contribution in [0.1, 0.15) is 12.1 Å². The van der Waals surface area contributed by atoms with Crippen molar-refractivity contribution >= 4 is 23.2 Å². The van der Waals surface area contributed by atoms with E-state index in [9.17, 15) is 26.7 Å². The molecule has 1 saturated heterocycles. The summed E-state index contributed by atoms with van der Waals surface area (Å²) in [5.41, 5.74) is -1.70. The molecule has 2 aromatic heterocycles. The minimum Gasteiger partial charge on any atom is -0.358 e. The molecule has 0 spiro atoms. The summed E-state index contributed by atoms with van der Waals surface area (Å²) in [6.07, 6.45) is -3.59. The van der Waals surface area contributed by atoms with Crippen LogP contribution in [0, 0.1) is 11.6 Å². The molecule has 1 amide bonds. The highest BCUT2D eigenvalue weighted by Crippen LogP contribution is 2.31. The second-order valence-electron chi connectivity index (χ2n) is 6.04. The summed E-state index contributed by atoms with van der Waals surface area (Å²) in [6, 6.07) is 2.89. The van der Waals surface area contributed by atoms with Crippen molar-refractivity contribution in [1.82, 2.24) is 19.6 Å². The second-order valence-corrected chi connectivity index (χ2v) is 6.04. The van der Waals surface area contributed by atoms with E-state index in [0.717, 1.165) is 27.9 Å². The molecule has 1 N–H and O–H groups in total. The standard InChI is InChI=1S/C16H11F5N6O/c17-8-2-1-3-9(18)13(8)26-5-4-10(14(26)28)24-12-6-11(16(19,20)21)25-15-22-7-23-27(12)15/h1-3,6-7,10,24H,4-5H2. The third-order valence-corrected chi connectivity index (χ3v) is 4.28. The first-order valence-corrected chi connectivity index (χ1v) is 8.05. The molecule has 1 fully saturated rings. The van der Waals surface area contributed by atoms with Gasteiger partial charge in [-0.1, -0.05) is 6.07 Å². The lowest BCUT2D eigenvalue weighted by Crippen LogP contribution is -2.35. The maximum atomic E-state index is 14.0. The number of nitrogens with one attached hydrogen (secondary N) is 1. The Labute approximate surface area is 153 Å². The summed E-state index contributed by atoms with van der Waals surface area (Å²) >= 11 is 0. The van der Waals surface area contributed by atoms with Crippen molar-refractivity contribution in [1.29, 1.82) is 0 Å². The van der Waals surface area contributed by atoms with E-state index in [-0.39, 0.29) is 24.6 Å². The molecule has 1 aliphatic rings. The zero-order valence-corrected chi connectivity index (χ0v) is 13.9. The van der Waals surface area contributed by atoms with Gasteiger partial charge in [0.1, 0.15) is 35.5 Å². The predicted octanol–water partition coefficient (Wildman–Crippen LogP) is 2.64. The maximum Gasteiger partial charge on any atom is 0.433 e. The average molecular weight is 398 g/mol. The number of nitrogens with zero attached hydrogens (tertiary/aromatic N) is 5. The van der Waals surface area contributed by atoms with Gasteiger partial charge in [0.05, 0.1) is 0 Å². The maximum absolute atomic E-state index is 14.0. The number of rotatable bonds is 3. The van der Waals surface area contributed by atoms with E-state index in [1.807, 2.05) is 0 Å². The number of alkyl halides is 3. The van der Waals surface area contributed by atoms with Crippen molar-refractivity contribution in [2.45, 2.75) is 18.6 Å². The summed E-state index contributed by atoms with van der Waals surface area (Å²) < 4.78 is 68.1. The zero-order chi connectivity index (χ0) is 20.1. The van der Waals surface area contributed by atoms with Gasteiger partial charge in [-0.2, -0.15) is 27.8 Å². The lowest BCUT2D eigenvalue weighted by Gasteiger charge is -2.19. The van der Waals surface area contributed by atoms with Gasteiger partial charge in [-0.15, -0.1) is 0 Å². The average Bonchev–Trinajstić information content (AvgIpc) is 3.22. The first-order valence-electron chi connectivity index (χ1n) is 8.05. The Balaban J connectivity index is 1.66. The number of amides is 1. The fourth-order valence-corrected chi connectivity index (χ4v) is 3.02. The largest absolute Gasteiger partial charge is 0.433 e. The molecule has 0 saturated carbocycles. The number of hydrogen-bond acceptors (Lipinski definition) is 5. The van der Waals surface area contributed by atoms with E-state index in [1.54, 1.807) is 0 Å². The van der Waals surface area contributed by atoms with Crippen molar-refractivity contribution in [2.75, 3.05) is 16.8 Å². The molecule has 7 nitrogen and oxygen atoms in total. The number of carbonyl (C=O) groups is 1. The molecule has 1 aromatic carbocycles. The molecule has 28 heavy (non-hydrogen) atoms. The molecular weight excluding hydrogens is 387 g/mol. The number of fused-ring (bicyclic) bond motifs is 1. The quantitative estimate of drug-likeness (QED) is 0.687. The van der Waals surface area contributed by atoms with Gasteiger partial charge in [0.25, 0.3) is 5.78 Å². The number of halogens is 5. The van der Waals surface area contributed by atoms with Gasteiger partial charge in [-0.05, 0) is 18.6 Å². The van der Waals surface area contributed by atoms with Crippen LogP contribution in [-0.4, -0.2) is 38.1 Å². The molecule has 1 atom stereocenters. The molecule has 1 aliphatic heterocycles. The van der Waals surface area contributed by atoms with Crippen LogP contribution in [0.5, 0.6) is 0 Å². The van der Waals surface area contributed by atoms with E-state index < -0.39 is 41.1 Å². The molecule has 12 heteroatoms. The van der Waals surface area contributed by atoms with Crippen LogP contribution in [0.25, 0.3) is 5.78 Å². The summed E-state index contributed by atoms with van der Waals surface area (Å²) in [5.74, 6) is -2.96. The number of anilines is 2. The first kappa shape index (κ1) is 18.1. The molecule has 0 aliphatic carbocycles. The Morgan fingerprint density at radius 2 is 1.89 bits per heavy atom. The Bertz CT molecular complexity index is 1050. The number of carbonyl (C=O) groups excluding carboxylic acids is 1. The van der Waals surface area contributed by atoms with Crippen molar-refractivity contribution in [3.8, 4) is 0 Å². The van der Waals surface area contributed by atoms with Gasteiger partial charge in [-0.25, -0.2) is 13.8 Å². The van der Waals surface area contributed by atoms with Crippen LogP contribution in [0.2, 0.25) is 0 Å². The number of para-hydroxylation sites is 1. The first-order chi connectivity index (χ1) is 13.3. The fourth-order valence-electron chi connectivity index (χ4n) is 3.02. The molecule has 1 unspecified atom stereocenters. The monoisotopic (exact) mass is 398 g/mol. The molecule has 3 aromatic rings. The normalized spacial score (nSPS) is 17.5. The minimum absolute atomic E-state index is 0.00787. The highest BCUT2D eigenvalue weighted by atomic mass is 19.4. The van der Waals surface area contributed by atoms with Gasteiger partial charge < -0.3 is 10.2 Å². The van der Waals surface area contributed by atoms with E-state index in [0.29, 0.717) is 6.07 Å². The van der Waals surface area contributed by atoms with Gasteiger partial charge in [-0.3, -0.25) is 4.79 Å². The van der Waals surface area contributed by atoms with Gasteiger partial charge in [0.2, 0.25) is 5.91 Å². The summed E-state index contributed by atoms with van der Waals surface area (Å²) in [6.45, 7) is -0.00787. The van der Waals surface area contributed by atoms with Crippen molar-refractivity contribution in [3.05, 3.63) is 47.9 Å². The molecule has 0 radical (unpaired) electrons. The smallest absolute Gasteiger partial charge is 0.358 e. The van der Waals surface area contributed by atoms with E-state index >= 15 is 0 Å². The van der Waals surface area contributed by atoms with Crippen LogP contribution in [0.15, 0.2) is 30.6 Å². The lowest BCUT2D eigenvalue weighted by atomic mass is 10.2. The molecule has 3 heterocycles. The summed E-state index contributed by atoms with van der Waals surface area (Å²) in [7, 11) is 0. The van der Waals surface area contributed by atoms with Crippen molar-refractivity contribution in [3.63, 3.8) is 0 Å². The second kappa shape index (κ2) is 6.39. The number of hydrogen-bond donors (Lipinski definition) is 1. The molecule has 0 bridgehead atoms. The van der Waals surface area contributed by atoms with E-state index in [1.165, 1.54) is 6.07 Å². The predicted molar refractivity (Wildman–Crippen MR) is 86.5 cm³/mol. The molecule has 4 rings (SSSR count). The lowest BCUT2D eigenvalue weighted by molar-refractivity contribution is -0.141. The Morgan fingerprint density at radius 3 is 2.57 bits per heavy atom. The van der Waals surface area contributed by atoms with E-state index in [4.69, 9.17) is 0 Å². The summed E-state index contributed by atoms with van der Waals surface area (Å²) in [5, 5.41) is 6.44. The third kappa shape index (κ3) is 3.00. The fraction of sp³-hybridized carbons (Fsp3) is 0.250. The highest BCUT2D eigenvalue weighted by Gasteiger charge is 2.37. The highest BCUT2D eigenvalue weighted by molar-refractivity contribution is 6.01. The van der Waals surface area contributed by atoms with Crippen molar-refractivity contribution < 1.29 is 26.7 Å². The van der Waals surface area contributed by atoms with Gasteiger partial charge in [0, 0.05) is 12.6 Å². The number of benzene rings is 1.